The molecule has 32 heavy (non-hydrogen) atoms. The lowest BCUT2D eigenvalue weighted by Gasteiger charge is -2.23. The zero-order chi connectivity index (χ0) is 24.4. The molecule has 0 aromatic carbocycles. The van der Waals surface area contributed by atoms with Crippen LogP contribution >= 0.6 is 0 Å². The Morgan fingerprint density at radius 2 is 1.62 bits per heavy atom. The van der Waals surface area contributed by atoms with E-state index >= 15 is 0 Å². The first kappa shape index (κ1) is 26.0. The van der Waals surface area contributed by atoms with Gasteiger partial charge in [-0.1, -0.05) is 0 Å². The topological polar surface area (TPSA) is 260 Å². The van der Waals surface area contributed by atoms with Crippen molar-refractivity contribution in [3.63, 3.8) is 0 Å². The number of H-pyrrole nitrogens is 1. The van der Waals surface area contributed by atoms with Crippen LogP contribution in [0.4, 0.5) is 0 Å². The van der Waals surface area contributed by atoms with Crippen molar-refractivity contribution in [3.05, 3.63) is 18.2 Å². The van der Waals surface area contributed by atoms with Gasteiger partial charge in [-0.3, -0.25) is 24.0 Å². The molecule has 0 saturated heterocycles. The van der Waals surface area contributed by atoms with Crippen molar-refractivity contribution >= 4 is 35.6 Å². The van der Waals surface area contributed by atoms with Crippen molar-refractivity contribution in [2.24, 2.45) is 11.5 Å². The number of carbonyl (C=O) groups is 6. The summed E-state index contributed by atoms with van der Waals surface area (Å²) >= 11 is 0. The highest BCUT2D eigenvalue weighted by Crippen LogP contribution is 2.02. The van der Waals surface area contributed by atoms with Gasteiger partial charge in [0.05, 0.1) is 25.2 Å². The second kappa shape index (κ2) is 12.0. The van der Waals surface area contributed by atoms with Gasteiger partial charge in [-0.05, 0) is 6.92 Å². The van der Waals surface area contributed by atoms with E-state index < -0.39 is 72.6 Å². The Balaban J connectivity index is 2.89. The number of carboxylic acid groups (broad SMARTS) is 2. The summed E-state index contributed by atoms with van der Waals surface area (Å²) in [5.41, 5.74) is 10.9. The predicted octanol–water partition coefficient (Wildman–Crippen LogP) is -3.81. The average Bonchev–Trinajstić information content (AvgIpc) is 3.18. The number of imidazole rings is 1. The Hall–Kier alpha value is -4.01. The zero-order valence-corrected chi connectivity index (χ0v) is 17.0. The average molecular weight is 455 g/mol. The number of rotatable bonds is 13. The van der Waals surface area contributed by atoms with Crippen molar-refractivity contribution in [1.82, 2.24) is 25.9 Å². The Labute approximate surface area is 181 Å². The molecule has 0 aliphatic rings. The molecule has 176 valence electrons. The molecule has 1 heterocycles. The van der Waals surface area contributed by atoms with Gasteiger partial charge in [-0.25, -0.2) is 9.78 Å². The van der Waals surface area contributed by atoms with E-state index in [0.29, 0.717) is 5.69 Å². The Morgan fingerprint density at radius 1 is 1.00 bits per heavy atom. The molecule has 0 spiro atoms. The molecule has 15 heteroatoms. The van der Waals surface area contributed by atoms with Crippen molar-refractivity contribution < 1.29 is 39.0 Å². The highest BCUT2D eigenvalue weighted by molar-refractivity contribution is 5.95. The van der Waals surface area contributed by atoms with E-state index in [1.807, 2.05) is 0 Å². The van der Waals surface area contributed by atoms with Crippen LogP contribution in [-0.4, -0.2) is 79.9 Å². The van der Waals surface area contributed by atoms with Crippen LogP contribution < -0.4 is 27.4 Å². The molecule has 1 aromatic rings. The van der Waals surface area contributed by atoms with Gasteiger partial charge >= 0.3 is 11.9 Å². The van der Waals surface area contributed by atoms with Crippen LogP contribution in [0.15, 0.2) is 12.5 Å². The van der Waals surface area contributed by atoms with Gasteiger partial charge in [0.25, 0.3) is 0 Å². The molecule has 4 atom stereocenters. The lowest BCUT2D eigenvalue weighted by atomic mass is 10.1. The summed E-state index contributed by atoms with van der Waals surface area (Å²) in [6, 6.07) is -5.53. The summed E-state index contributed by atoms with van der Waals surface area (Å²) in [7, 11) is 0. The zero-order valence-electron chi connectivity index (χ0n) is 17.0. The number of amides is 4. The normalized spacial score (nSPS) is 14.3. The number of aliphatic carboxylic acids is 2. The van der Waals surface area contributed by atoms with Crippen LogP contribution in [0.1, 0.15) is 25.5 Å². The van der Waals surface area contributed by atoms with Crippen molar-refractivity contribution in [3.8, 4) is 0 Å². The Bertz CT molecular complexity index is 857. The maximum Gasteiger partial charge on any atom is 0.326 e. The minimum Gasteiger partial charge on any atom is -0.481 e. The molecule has 4 amide bonds. The van der Waals surface area contributed by atoms with Gasteiger partial charge in [-0.2, -0.15) is 0 Å². The highest BCUT2D eigenvalue weighted by Gasteiger charge is 2.30. The Kier molecular flexibility index (Phi) is 9.75. The van der Waals surface area contributed by atoms with E-state index in [4.69, 9.17) is 21.7 Å². The number of nitrogens with zero attached hydrogens (tertiary/aromatic N) is 1. The maximum atomic E-state index is 12.6. The number of hydrogen-bond acceptors (Lipinski definition) is 8. The molecule has 1 rings (SSSR count). The third-order valence-corrected chi connectivity index (χ3v) is 4.12. The summed E-state index contributed by atoms with van der Waals surface area (Å²) < 4.78 is 0. The number of aromatic nitrogens is 2. The minimum absolute atomic E-state index is 0.140. The summed E-state index contributed by atoms with van der Waals surface area (Å²) in [6.07, 6.45) is 1.23. The predicted molar refractivity (Wildman–Crippen MR) is 105 cm³/mol. The Morgan fingerprint density at radius 3 is 2.12 bits per heavy atom. The first-order valence-corrected chi connectivity index (χ1v) is 9.27. The smallest absolute Gasteiger partial charge is 0.326 e. The molecule has 10 N–H and O–H groups in total. The van der Waals surface area contributed by atoms with Crippen molar-refractivity contribution in [2.45, 2.75) is 50.4 Å². The number of nitrogens with two attached hydrogens (primary N) is 2. The van der Waals surface area contributed by atoms with E-state index in [0.717, 1.165) is 0 Å². The summed E-state index contributed by atoms with van der Waals surface area (Å²) in [6.45, 7) is 1.29. The fourth-order valence-electron chi connectivity index (χ4n) is 2.46. The fourth-order valence-corrected chi connectivity index (χ4v) is 2.46. The SMILES string of the molecule is CC(NC(=O)C(N)CC(N)=O)C(=O)NC(Cc1cnc[nH]1)C(=O)NC(CC(=O)O)C(=O)O. The number of carbonyl (C=O) groups excluding carboxylic acids is 4. The second-order valence-corrected chi connectivity index (χ2v) is 6.85. The van der Waals surface area contributed by atoms with E-state index in [9.17, 15) is 28.8 Å². The van der Waals surface area contributed by atoms with Gasteiger partial charge in [0.15, 0.2) is 0 Å². The molecule has 1 aromatic heterocycles. The second-order valence-electron chi connectivity index (χ2n) is 6.85. The molecule has 0 bridgehead atoms. The molecule has 0 aliphatic carbocycles. The molecular weight excluding hydrogens is 430 g/mol. The molecule has 0 saturated carbocycles. The fraction of sp³-hybridized carbons (Fsp3) is 0.471. The number of aromatic amines is 1. The van der Waals surface area contributed by atoms with Crippen molar-refractivity contribution in [2.75, 3.05) is 0 Å². The van der Waals surface area contributed by atoms with Gasteiger partial charge in [0.1, 0.15) is 18.1 Å². The molecule has 0 aliphatic heterocycles. The molecule has 15 nitrogen and oxygen atoms in total. The van der Waals surface area contributed by atoms with E-state index in [2.05, 4.69) is 25.9 Å². The van der Waals surface area contributed by atoms with E-state index in [1.54, 1.807) is 0 Å². The van der Waals surface area contributed by atoms with Crippen LogP contribution in [0, 0.1) is 0 Å². The first-order valence-electron chi connectivity index (χ1n) is 9.27. The number of nitrogens with one attached hydrogen (secondary N) is 4. The number of hydrogen-bond donors (Lipinski definition) is 8. The van der Waals surface area contributed by atoms with Crippen LogP contribution in [0.3, 0.4) is 0 Å². The van der Waals surface area contributed by atoms with Gasteiger partial charge < -0.3 is 42.6 Å². The maximum absolute atomic E-state index is 12.6. The van der Waals surface area contributed by atoms with Crippen LogP contribution in [-0.2, 0) is 35.2 Å². The minimum atomic E-state index is -1.73. The molecule has 4 unspecified atom stereocenters. The lowest BCUT2D eigenvalue weighted by molar-refractivity contribution is -0.147. The third kappa shape index (κ3) is 8.78. The molecule has 0 radical (unpaired) electrons. The van der Waals surface area contributed by atoms with E-state index in [1.165, 1.54) is 19.4 Å². The standard InChI is InChI=1S/C17H25N7O8/c1-7(22-15(29)9(18)3-12(19)25)14(28)23-10(2-8-5-20-6-21-8)16(30)24-11(17(31)32)4-13(26)27/h5-7,9-11H,2-4,18H2,1H3,(H2,19,25)(H,20,21)(H,22,29)(H,23,28)(H,24,30)(H,26,27)(H,31,32). The number of primary amides is 1. The van der Waals surface area contributed by atoms with E-state index in [-0.39, 0.29) is 6.42 Å². The summed E-state index contributed by atoms with van der Waals surface area (Å²) in [5, 5.41) is 24.6. The van der Waals surface area contributed by atoms with Crippen LogP contribution in [0.5, 0.6) is 0 Å². The van der Waals surface area contributed by atoms with Gasteiger partial charge in [0.2, 0.25) is 23.6 Å². The summed E-state index contributed by atoms with van der Waals surface area (Å²) in [4.78, 5) is 76.5. The molecular formula is C17H25N7O8. The molecule has 0 fully saturated rings. The van der Waals surface area contributed by atoms with Crippen LogP contribution in [0.2, 0.25) is 0 Å². The van der Waals surface area contributed by atoms with Crippen LogP contribution in [0.25, 0.3) is 0 Å². The largest absolute Gasteiger partial charge is 0.481 e. The van der Waals surface area contributed by atoms with Gasteiger partial charge in [0, 0.05) is 18.3 Å². The number of carboxylic acids is 2. The highest BCUT2D eigenvalue weighted by atomic mass is 16.4. The lowest BCUT2D eigenvalue weighted by Crippen LogP contribution is -2.57. The quantitative estimate of drug-likeness (QED) is 0.144. The monoisotopic (exact) mass is 455 g/mol. The van der Waals surface area contributed by atoms with Crippen molar-refractivity contribution in [1.29, 1.82) is 0 Å². The van der Waals surface area contributed by atoms with Gasteiger partial charge in [-0.15, -0.1) is 0 Å². The summed E-state index contributed by atoms with van der Waals surface area (Å²) in [5.74, 6) is -6.45. The first-order chi connectivity index (χ1) is 14.9. The third-order valence-electron chi connectivity index (χ3n) is 4.12.